The van der Waals surface area contributed by atoms with Crippen molar-refractivity contribution in [1.82, 2.24) is 4.98 Å². The lowest BCUT2D eigenvalue weighted by Crippen LogP contribution is -2.25. The van der Waals surface area contributed by atoms with Crippen molar-refractivity contribution in [1.29, 1.82) is 0 Å². The van der Waals surface area contributed by atoms with Gasteiger partial charge in [0.1, 0.15) is 10.4 Å². The Labute approximate surface area is 112 Å². The van der Waals surface area contributed by atoms with Gasteiger partial charge in [0.2, 0.25) is 0 Å². The minimum Gasteiger partial charge on any atom is -0.619 e. The highest BCUT2D eigenvalue weighted by atomic mass is 79.9. The lowest BCUT2D eigenvalue weighted by atomic mass is 10.3. The van der Waals surface area contributed by atoms with Crippen molar-refractivity contribution in [2.24, 2.45) is 0 Å². The van der Waals surface area contributed by atoms with Crippen molar-refractivity contribution >= 4 is 33.3 Å². The maximum absolute atomic E-state index is 11.0. The average molecular weight is 315 g/mol. The molecule has 17 heavy (non-hydrogen) atoms. The number of nitrogens with one attached hydrogen (secondary N) is 1. The number of rotatable bonds is 3. The molecule has 4 nitrogen and oxygen atoms in total. The summed E-state index contributed by atoms with van der Waals surface area (Å²) in [5.41, 5.74) is 0.885. The van der Waals surface area contributed by atoms with Crippen molar-refractivity contribution < 1.29 is 4.73 Å². The van der Waals surface area contributed by atoms with Crippen molar-refractivity contribution in [3.05, 3.63) is 57.1 Å². The van der Waals surface area contributed by atoms with Crippen LogP contribution in [0.2, 0.25) is 5.02 Å². The number of anilines is 1. The summed E-state index contributed by atoms with van der Waals surface area (Å²) >= 11 is 9.08. The summed E-state index contributed by atoms with van der Waals surface area (Å²) in [7, 11) is 0. The lowest BCUT2D eigenvalue weighted by Gasteiger charge is -2.06. The van der Waals surface area contributed by atoms with E-state index in [0.29, 0.717) is 22.0 Å². The molecule has 0 aliphatic rings. The van der Waals surface area contributed by atoms with Crippen molar-refractivity contribution in [3.63, 3.8) is 0 Å². The van der Waals surface area contributed by atoms with E-state index >= 15 is 0 Å². The Bertz CT molecular complexity index is 536. The second kappa shape index (κ2) is 5.33. The molecule has 0 spiro atoms. The monoisotopic (exact) mass is 313 g/mol. The number of halogens is 2. The molecule has 1 N–H and O–H groups in total. The van der Waals surface area contributed by atoms with Crippen molar-refractivity contribution in [2.45, 2.75) is 6.54 Å². The van der Waals surface area contributed by atoms with Crippen LogP contribution in [-0.2, 0) is 6.54 Å². The third-order valence-corrected chi connectivity index (χ3v) is 3.25. The summed E-state index contributed by atoms with van der Waals surface area (Å²) < 4.78 is 1.36. The number of hydrogen-bond donors (Lipinski definition) is 1. The van der Waals surface area contributed by atoms with E-state index in [1.807, 2.05) is 6.07 Å². The lowest BCUT2D eigenvalue weighted by molar-refractivity contribution is -0.605. The molecule has 0 unspecified atom stereocenters. The van der Waals surface area contributed by atoms with E-state index in [1.54, 1.807) is 18.2 Å². The zero-order chi connectivity index (χ0) is 12.3. The molecule has 0 amide bonds. The van der Waals surface area contributed by atoms with Crippen LogP contribution >= 0.6 is 27.5 Å². The molecule has 0 saturated heterocycles. The molecule has 88 valence electrons. The number of nitrogens with zero attached hydrogens (tertiary/aromatic N) is 2. The average Bonchev–Trinajstić information content (AvgIpc) is 2.31. The molecule has 0 aromatic carbocycles. The topological polar surface area (TPSA) is 51.9 Å². The zero-order valence-electron chi connectivity index (χ0n) is 8.73. The second-order valence-electron chi connectivity index (χ2n) is 3.39. The second-order valence-corrected chi connectivity index (χ2v) is 4.55. The molecule has 6 heteroatoms. The predicted octanol–water partition coefficient (Wildman–Crippen LogP) is 2.74. The maximum Gasteiger partial charge on any atom is 0.185 e. The Hall–Kier alpha value is -1.33. The quantitative estimate of drug-likeness (QED) is 0.538. The molecule has 0 bridgehead atoms. The molecule has 0 fully saturated rings. The predicted molar refractivity (Wildman–Crippen MR) is 69.7 cm³/mol. The Kier molecular flexibility index (Phi) is 3.81. The third-order valence-electron chi connectivity index (χ3n) is 2.11. The first-order chi connectivity index (χ1) is 8.15. The van der Waals surface area contributed by atoms with Crippen molar-refractivity contribution in [2.75, 3.05) is 5.32 Å². The van der Waals surface area contributed by atoms with Gasteiger partial charge in [0, 0.05) is 18.2 Å². The molecule has 2 rings (SSSR count). The Morgan fingerprint density at radius 3 is 2.94 bits per heavy atom. The van der Waals surface area contributed by atoms with Gasteiger partial charge in [0.15, 0.2) is 12.4 Å². The summed E-state index contributed by atoms with van der Waals surface area (Å²) in [4.78, 5) is 4.20. The number of hydrogen-bond acceptors (Lipinski definition) is 3. The van der Waals surface area contributed by atoms with Gasteiger partial charge in [-0.15, -0.1) is 0 Å². The summed E-state index contributed by atoms with van der Waals surface area (Å²) in [6, 6.07) is 7.10. The van der Waals surface area contributed by atoms with Gasteiger partial charge in [-0.25, -0.2) is 4.98 Å². The molecule has 0 saturated carbocycles. The fourth-order valence-electron chi connectivity index (χ4n) is 1.31. The first-order valence-corrected chi connectivity index (χ1v) is 6.06. The first kappa shape index (κ1) is 12.1. The van der Waals surface area contributed by atoms with E-state index in [4.69, 9.17) is 11.6 Å². The van der Waals surface area contributed by atoms with E-state index in [-0.39, 0.29) is 0 Å². The van der Waals surface area contributed by atoms with Gasteiger partial charge in [-0.2, -0.15) is 4.73 Å². The SMILES string of the molecule is [O-][n+]1cccc(CNc2ccc(Cl)c(Br)n2)c1. The van der Waals surface area contributed by atoms with Crippen molar-refractivity contribution in [3.8, 4) is 0 Å². The highest BCUT2D eigenvalue weighted by Gasteiger charge is 2.01. The van der Waals surface area contributed by atoms with Crippen LogP contribution in [-0.4, -0.2) is 4.98 Å². The summed E-state index contributed by atoms with van der Waals surface area (Å²) in [5.74, 6) is 0.697. The molecule has 0 aliphatic carbocycles. The van der Waals surface area contributed by atoms with Gasteiger partial charge in [-0.3, -0.25) is 0 Å². The van der Waals surface area contributed by atoms with E-state index in [9.17, 15) is 5.21 Å². The van der Waals surface area contributed by atoms with Gasteiger partial charge in [0.05, 0.1) is 5.02 Å². The Balaban J connectivity index is 2.05. The molecule has 2 heterocycles. The number of pyridine rings is 2. The van der Waals surface area contributed by atoms with Crippen LogP contribution in [0.15, 0.2) is 41.3 Å². The van der Waals surface area contributed by atoms with Gasteiger partial charge in [-0.05, 0) is 34.1 Å². The Morgan fingerprint density at radius 1 is 1.41 bits per heavy atom. The van der Waals surface area contributed by atoms with E-state index < -0.39 is 0 Å². The van der Waals surface area contributed by atoms with Gasteiger partial charge >= 0.3 is 0 Å². The highest BCUT2D eigenvalue weighted by Crippen LogP contribution is 2.21. The van der Waals surface area contributed by atoms with Gasteiger partial charge in [-0.1, -0.05) is 11.6 Å². The van der Waals surface area contributed by atoms with Crippen LogP contribution in [0.4, 0.5) is 5.82 Å². The van der Waals surface area contributed by atoms with Gasteiger partial charge < -0.3 is 10.5 Å². The molecule has 0 atom stereocenters. The molecular formula is C11H9BrClN3O. The summed E-state index contributed by atoms with van der Waals surface area (Å²) in [6.45, 7) is 0.532. The maximum atomic E-state index is 11.0. The van der Waals surface area contributed by atoms with E-state index in [0.717, 1.165) is 10.3 Å². The molecule has 0 aliphatic heterocycles. The van der Waals surface area contributed by atoms with Crippen LogP contribution in [0.5, 0.6) is 0 Å². The smallest absolute Gasteiger partial charge is 0.185 e. The van der Waals surface area contributed by atoms with Crippen LogP contribution < -0.4 is 10.0 Å². The first-order valence-electron chi connectivity index (χ1n) is 4.89. The number of aromatic nitrogens is 2. The van der Waals surface area contributed by atoms with Crippen LogP contribution in [0.3, 0.4) is 0 Å². The fraction of sp³-hybridized carbons (Fsp3) is 0.0909. The molecule has 2 aromatic heterocycles. The zero-order valence-corrected chi connectivity index (χ0v) is 11.1. The largest absolute Gasteiger partial charge is 0.619 e. The Morgan fingerprint density at radius 2 is 2.24 bits per heavy atom. The van der Waals surface area contributed by atoms with Crippen LogP contribution in [0, 0.1) is 5.21 Å². The normalized spacial score (nSPS) is 10.2. The van der Waals surface area contributed by atoms with Gasteiger partial charge in [0.25, 0.3) is 0 Å². The molecular weight excluding hydrogens is 305 g/mol. The minimum absolute atomic E-state index is 0.532. The summed E-state index contributed by atoms with van der Waals surface area (Å²) in [6.07, 6.45) is 2.96. The standard InChI is InChI=1S/C11H9BrClN3O/c12-11-9(13)3-4-10(15-11)14-6-8-2-1-5-16(17)7-8/h1-5,7H,6H2,(H,14,15). The van der Waals surface area contributed by atoms with Crippen LogP contribution in [0.25, 0.3) is 0 Å². The van der Waals surface area contributed by atoms with Crippen LogP contribution in [0.1, 0.15) is 5.56 Å². The summed E-state index contributed by atoms with van der Waals surface area (Å²) in [5, 5.41) is 14.7. The molecule has 0 radical (unpaired) electrons. The highest BCUT2D eigenvalue weighted by molar-refractivity contribution is 9.10. The minimum atomic E-state index is 0.532. The third kappa shape index (κ3) is 3.31. The molecule has 2 aromatic rings. The van der Waals surface area contributed by atoms with E-state index in [1.165, 1.54) is 12.4 Å². The fourth-order valence-corrected chi connectivity index (χ4v) is 1.74. The van der Waals surface area contributed by atoms with E-state index in [2.05, 4.69) is 26.2 Å².